The summed E-state index contributed by atoms with van der Waals surface area (Å²) < 4.78 is 2.04. The molecule has 0 atom stereocenters. The monoisotopic (exact) mass is 471 g/mol. The van der Waals surface area contributed by atoms with Crippen molar-refractivity contribution in [3.8, 4) is 0 Å². The molecule has 130 valence electrons. The van der Waals surface area contributed by atoms with Crippen LogP contribution in [0.5, 0.6) is 0 Å². The number of hydrogen-bond donors (Lipinski definition) is 1. The third-order valence-electron chi connectivity index (χ3n) is 3.74. The van der Waals surface area contributed by atoms with Gasteiger partial charge in [0, 0.05) is 32.1 Å². The molecule has 3 rings (SSSR count). The lowest BCUT2D eigenvalue weighted by atomic mass is 10.1. The zero-order chi connectivity index (χ0) is 18.5. The van der Waals surface area contributed by atoms with Crippen LogP contribution in [0.3, 0.4) is 0 Å². The van der Waals surface area contributed by atoms with Crippen molar-refractivity contribution in [3.05, 3.63) is 93.4 Å². The lowest BCUT2D eigenvalue weighted by Crippen LogP contribution is -2.09. The highest BCUT2D eigenvalue weighted by molar-refractivity contribution is 9.10. The summed E-state index contributed by atoms with van der Waals surface area (Å²) in [4.78, 5) is 12.8. The van der Waals surface area contributed by atoms with Crippen LogP contribution in [0.4, 0.5) is 17.1 Å². The summed E-state index contributed by atoms with van der Waals surface area (Å²) in [6, 6.07) is 24.0. The van der Waals surface area contributed by atoms with Crippen LogP contribution >= 0.6 is 31.9 Å². The van der Waals surface area contributed by atoms with Gasteiger partial charge in [0.2, 0.25) is 0 Å². The molecule has 3 aromatic carbocycles. The Balaban J connectivity index is 2.01. The van der Waals surface area contributed by atoms with Gasteiger partial charge in [0.1, 0.15) is 0 Å². The highest BCUT2D eigenvalue weighted by Crippen LogP contribution is 2.35. The number of aliphatic carboxylic acids is 1. The number of carboxylic acids is 1. The predicted molar refractivity (Wildman–Crippen MR) is 113 cm³/mol. The van der Waals surface area contributed by atoms with Crippen molar-refractivity contribution in [3.63, 3.8) is 0 Å². The Bertz CT molecular complexity index is 872. The summed E-state index contributed by atoms with van der Waals surface area (Å²) in [7, 11) is 0. The van der Waals surface area contributed by atoms with Gasteiger partial charge < -0.3 is 10.0 Å². The van der Waals surface area contributed by atoms with Crippen molar-refractivity contribution in [2.24, 2.45) is 0 Å². The Morgan fingerprint density at radius 2 is 1.12 bits per heavy atom. The fourth-order valence-electron chi connectivity index (χ4n) is 2.53. The van der Waals surface area contributed by atoms with E-state index in [2.05, 4.69) is 36.8 Å². The molecule has 0 amide bonds. The molecule has 0 unspecified atom stereocenters. The second-order valence-corrected chi connectivity index (χ2v) is 7.38. The standard InChI is InChI=1S/C21H15Br2NO2/c22-16-4-10-19(11-5-16)24(20-12-6-17(23)7-13-20)18-8-1-15(2-9-18)3-14-21(25)26/h1-14H,(H,25,26). The maximum absolute atomic E-state index is 10.7. The first kappa shape index (κ1) is 18.4. The maximum Gasteiger partial charge on any atom is 0.328 e. The minimum atomic E-state index is -0.958. The van der Waals surface area contributed by atoms with E-state index >= 15 is 0 Å². The van der Waals surface area contributed by atoms with Gasteiger partial charge in [0.15, 0.2) is 0 Å². The molecule has 0 aliphatic heterocycles. The second kappa shape index (κ2) is 8.34. The first-order valence-electron chi connectivity index (χ1n) is 7.85. The third kappa shape index (κ3) is 4.62. The van der Waals surface area contributed by atoms with E-state index in [9.17, 15) is 4.79 Å². The van der Waals surface area contributed by atoms with Crippen LogP contribution in [0, 0.1) is 0 Å². The van der Waals surface area contributed by atoms with Crippen molar-refractivity contribution in [2.45, 2.75) is 0 Å². The number of hydrogen-bond acceptors (Lipinski definition) is 2. The van der Waals surface area contributed by atoms with Gasteiger partial charge in [-0.15, -0.1) is 0 Å². The zero-order valence-electron chi connectivity index (χ0n) is 13.6. The summed E-state index contributed by atoms with van der Waals surface area (Å²) in [5, 5.41) is 8.76. The normalized spacial score (nSPS) is 10.8. The Morgan fingerprint density at radius 3 is 1.50 bits per heavy atom. The van der Waals surface area contributed by atoms with E-state index < -0.39 is 5.97 Å². The summed E-state index contributed by atoms with van der Waals surface area (Å²) in [5.41, 5.74) is 3.89. The van der Waals surface area contributed by atoms with E-state index in [-0.39, 0.29) is 0 Å². The van der Waals surface area contributed by atoms with Crippen LogP contribution in [-0.4, -0.2) is 11.1 Å². The van der Waals surface area contributed by atoms with Crippen LogP contribution < -0.4 is 4.90 Å². The molecule has 0 aliphatic carbocycles. The summed E-state index contributed by atoms with van der Waals surface area (Å²) in [5.74, 6) is -0.958. The quantitative estimate of drug-likeness (QED) is 0.416. The van der Waals surface area contributed by atoms with Crippen LogP contribution in [0.15, 0.2) is 87.8 Å². The van der Waals surface area contributed by atoms with E-state index in [1.54, 1.807) is 6.08 Å². The first-order chi connectivity index (χ1) is 12.5. The third-order valence-corrected chi connectivity index (χ3v) is 4.80. The molecule has 0 fully saturated rings. The van der Waals surface area contributed by atoms with Crippen molar-refractivity contribution in [2.75, 3.05) is 4.90 Å². The number of benzene rings is 3. The van der Waals surface area contributed by atoms with Gasteiger partial charge >= 0.3 is 5.97 Å². The van der Waals surface area contributed by atoms with Gasteiger partial charge in [-0.1, -0.05) is 44.0 Å². The molecule has 0 aliphatic rings. The van der Waals surface area contributed by atoms with E-state index in [1.807, 2.05) is 72.8 Å². The molecule has 3 aromatic rings. The highest BCUT2D eigenvalue weighted by atomic mass is 79.9. The summed E-state index contributed by atoms with van der Waals surface area (Å²) in [6.45, 7) is 0. The van der Waals surface area contributed by atoms with Gasteiger partial charge in [-0.3, -0.25) is 0 Å². The van der Waals surface area contributed by atoms with E-state index in [1.165, 1.54) is 0 Å². The molecule has 0 bridgehead atoms. The molecule has 26 heavy (non-hydrogen) atoms. The SMILES string of the molecule is O=C(O)C=Cc1ccc(N(c2ccc(Br)cc2)c2ccc(Br)cc2)cc1. The predicted octanol–water partition coefficient (Wildman–Crippen LogP) is 6.78. The van der Waals surface area contributed by atoms with Crippen LogP contribution in [0.2, 0.25) is 0 Å². The number of carboxylic acid groups (broad SMARTS) is 1. The molecule has 0 saturated heterocycles. The van der Waals surface area contributed by atoms with Gasteiger partial charge in [0.25, 0.3) is 0 Å². The maximum atomic E-state index is 10.7. The molecule has 1 N–H and O–H groups in total. The van der Waals surface area contributed by atoms with Gasteiger partial charge in [-0.25, -0.2) is 4.79 Å². The second-order valence-electron chi connectivity index (χ2n) is 5.55. The number of rotatable bonds is 5. The van der Waals surface area contributed by atoms with E-state index in [0.29, 0.717) is 0 Å². The summed E-state index contributed by atoms with van der Waals surface area (Å²) >= 11 is 6.95. The summed E-state index contributed by atoms with van der Waals surface area (Å²) in [6.07, 6.45) is 2.71. The Morgan fingerprint density at radius 1 is 0.731 bits per heavy atom. The highest BCUT2D eigenvalue weighted by Gasteiger charge is 2.12. The molecular weight excluding hydrogens is 458 g/mol. The largest absolute Gasteiger partial charge is 0.478 e. The molecule has 5 heteroatoms. The lowest BCUT2D eigenvalue weighted by Gasteiger charge is -2.25. The molecule has 0 saturated carbocycles. The molecule has 0 heterocycles. The Labute approximate surface area is 168 Å². The molecule has 3 nitrogen and oxygen atoms in total. The average molecular weight is 473 g/mol. The Kier molecular flexibility index (Phi) is 5.91. The van der Waals surface area contributed by atoms with Crippen molar-refractivity contribution in [1.82, 2.24) is 0 Å². The zero-order valence-corrected chi connectivity index (χ0v) is 16.8. The topological polar surface area (TPSA) is 40.5 Å². The molecule has 0 spiro atoms. The smallest absolute Gasteiger partial charge is 0.328 e. The fourth-order valence-corrected chi connectivity index (χ4v) is 3.06. The Hall–Kier alpha value is -2.37. The van der Waals surface area contributed by atoms with Crippen molar-refractivity contribution >= 4 is 61.0 Å². The average Bonchev–Trinajstić information content (AvgIpc) is 2.64. The van der Waals surface area contributed by atoms with Gasteiger partial charge in [-0.05, 0) is 72.3 Å². The molecule has 0 aromatic heterocycles. The van der Waals surface area contributed by atoms with Crippen LogP contribution in [-0.2, 0) is 4.79 Å². The van der Waals surface area contributed by atoms with E-state index in [4.69, 9.17) is 5.11 Å². The molecule has 0 radical (unpaired) electrons. The number of anilines is 3. The van der Waals surface area contributed by atoms with Crippen LogP contribution in [0.1, 0.15) is 5.56 Å². The minimum Gasteiger partial charge on any atom is -0.478 e. The van der Waals surface area contributed by atoms with Crippen molar-refractivity contribution < 1.29 is 9.90 Å². The van der Waals surface area contributed by atoms with Crippen LogP contribution in [0.25, 0.3) is 6.08 Å². The molecular formula is C21H15Br2NO2. The van der Waals surface area contributed by atoms with Gasteiger partial charge in [0.05, 0.1) is 0 Å². The lowest BCUT2D eigenvalue weighted by molar-refractivity contribution is -0.131. The van der Waals surface area contributed by atoms with E-state index in [0.717, 1.165) is 37.6 Å². The fraction of sp³-hybridized carbons (Fsp3) is 0. The first-order valence-corrected chi connectivity index (χ1v) is 9.44. The number of nitrogens with zero attached hydrogens (tertiary/aromatic N) is 1. The van der Waals surface area contributed by atoms with Gasteiger partial charge in [-0.2, -0.15) is 0 Å². The van der Waals surface area contributed by atoms with Crippen molar-refractivity contribution in [1.29, 1.82) is 0 Å². The minimum absolute atomic E-state index is 0.836. The number of halogens is 2. The number of carbonyl (C=O) groups is 1.